The molecule has 0 radical (unpaired) electrons. The molecule has 0 fully saturated rings. The van der Waals surface area contributed by atoms with E-state index >= 15 is 0 Å². The Kier molecular flexibility index (Phi) is 4.68. The lowest BCUT2D eigenvalue weighted by molar-refractivity contribution is -0.385. The summed E-state index contributed by atoms with van der Waals surface area (Å²) >= 11 is 0. The Morgan fingerprint density at radius 3 is 2.32 bits per heavy atom. The van der Waals surface area contributed by atoms with E-state index < -0.39 is 16.4 Å². The van der Waals surface area contributed by atoms with Gasteiger partial charge in [-0.2, -0.15) is 0 Å². The SMILES string of the molecule is CCc1ccc(/C=C/c2cc(C=O)c(O)c([N+](=O)[O-])c2)cc1. The molecule has 0 aliphatic heterocycles. The second kappa shape index (κ2) is 6.67. The van der Waals surface area contributed by atoms with Crippen LogP contribution in [0.15, 0.2) is 36.4 Å². The predicted molar refractivity (Wildman–Crippen MR) is 84.9 cm³/mol. The zero-order valence-electron chi connectivity index (χ0n) is 12.0. The second-order valence-electron chi connectivity index (χ2n) is 4.78. The molecular formula is C17H15NO4. The van der Waals surface area contributed by atoms with Crippen molar-refractivity contribution in [2.75, 3.05) is 0 Å². The van der Waals surface area contributed by atoms with Gasteiger partial charge in [0.2, 0.25) is 5.75 Å². The highest BCUT2D eigenvalue weighted by Crippen LogP contribution is 2.31. The van der Waals surface area contributed by atoms with Crippen molar-refractivity contribution in [2.24, 2.45) is 0 Å². The topological polar surface area (TPSA) is 80.4 Å². The molecule has 5 nitrogen and oxygen atoms in total. The number of hydrogen-bond donors (Lipinski definition) is 1. The van der Waals surface area contributed by atoms with Crippen LogP contribution in [0.1, 0.15) is 34.0 Å². The van der Waals surface area contributed by atoms with Crippen molar-refractivity contribution in [2.45, 2.75) is 13.3 Å². The molecule has 0 spiro atoms. The minimum atomic E-state index is -0.713. The third kappa shape index (κ3) is 3.38. The summed E-state index contributed by atoms with van der Waals surface area (Å²) in [5.41, 5.74) is 2.06. The second-order valence-corrected chi connectivity index (χ2v) is 4.78. The van der Waals surface area contributed by atoms with Gasteiger partial charge in [-0.05, 0) is 29.2 Å². The number of phenolic OH excluding ortho intramolecular Hbond substituents is 1. The molecule has 2 aromatic rings. The summed E-state index contributed by atoms with van der Waals surface area (Å²) in [6.07, 6.45) is 4.82. The molecule has 1 N–H and O–H groups in total. The Labute approximate surface area is 127 Å². The lowest BCUT2D eigenvalue weighted by Crippen LogP contribution is -1.93. The van der Waals surface area contributed by atoms with Gasteiger partial charge in [0.25, 0.3) is 0 Å². The van der Waals surface area contributed by atoms with Gasteiger partial charge in [0.15, 0.2) is 6.29 Å². The number of aldehydes is 1. The van der Waals surface area contributed by atoms with Crippen molar-refractivity contribution < 1.29 is 14.8 Å². The molecule has 5 heteroatoms. The van der Waals surface area contributed by atoms with Crippen molar-refractivity contribution >= 4 is 24.1 Å². The Bertz CT molecular complexity index is 733. The largest absolute Gasteiger partial charge is 0.502 e. The molecule has 22 heavy (non-hydrogen) atoms. The van der Waals surface area contributed by atoms with Gasteiger partial charge >= 0.3 is 5.69 Å². The number of carbonyl (C=O) groups is 1. The fraction of sp³-hybridized carbons (Fsp3) is 0.118. The van der Waals surface area contributed by atoms with Gasteiger partial charge in [-0.1, -0.05) is 43.3 Å². The molecule has 0 bridgehead atoms. The maximum atomic E-state index is 10.9. The number of nitro groups is 1. The Morgan fingerprint density at radius 1 is 1.14 bits per heavy atom. The molecule has 0 aromatic heterocycles. The molecule has 0 saturated heterocycles. The van der Waals surface area contributed by atoms with Crippen molar-refractivity contribution in [3.8, 4) is 5.75 Å². The van der Waals surface area contributed by atoms with Gasteiger partial charge < -0.3 is 5.11 Å². The molecular weight excluding hydrogens is 282 g/mol. The van der Waals surface area contributed by atoms with Crippen LogP contribution in [0.4, 0.5) is 5.69 Å². The van der Waals surface area contributed by atoms with Crippen LogP contribution in [-0.4, -0.2) is 16.3 Å². The van der Waals surface area contributed by atoms with E-state index in [0.29, 0.717) is 11.8 Å². The van der Waals surface area contributed by atoms with Gasteiger partial charge in [0.05, 0.1) is 10.5 Å². The fourth-order valence-corrected chi connectivity index (χ4v) is 2.05. The van der Waals surface area contributed by atoms with E-state index in [-0.39, 0.29) is 5.56 Å². The maximum Gasteiger partial charge on any atom is 0.312 e. The highest BCUT2D eigenvalue weighted by molar-refractivity contribution is 5.85. The number of carbonyl (C=O) groups excluding carboxylic acids is 1. The number of phenols is 1. The third-order valence-corrected chi connectivity index (χ3v) is 3.32. The summed E-state index contributed by atoms with van der Waals surface area (Å²) in [7, 11) is 0. The number of aromatic hydroxyl groups is 1. The minimum Gasteiger partial charge on any atom is -0.502 e. The van der Waals surface area contributed by atoms with Gasteiger partial charge in [-0.3, -0.25) is 14.9 Å². The summed E-state index contributed by atoms with van der Waals surface area (Å²) in [5.74, 6) is -0.607. The van der Waals surface area contributed by atoms with Crippen molar-refractivity contribution in [1.82, 2.24) is 0 Å². The summed E-state index contributed by atoms with van der Waals surface area (Å²) in [5, 5.41) is 20.5. The molecule has 0 heterocycles. The molecule has 2 aromatic carbocycles. The minimum absolute atomic E-state index is 0.102. The highest BCUT2D eigenvalue weighted by atomic mass is 16.6. The first-order valence-corrected chi connectivity index (χ1v) is 6.78. The first-order chi connectivity index (χ1) is 10.5. The number of nitrogens with zero attached hydrogens (tertiary/aromatic N) is 1. The van der Waals surface area contributed by atoms with Crippen LogP contribution in [0, 0.1) is 10.1 Å². The van der Waals surface area contributed by atoms with E-state index in [9.17, 15) is 20.0 Å². The van der Waals surface area contributed by atoms with E-state index in [2.05, 4.69) is 6.92 Å². The van der Waals surface area contributed by atoms with Crippen molar-refractivity contribution in [3.05, 3.63) is 68.8 Å². The van der Waals surface area contributed by atoms with Gasteiger partial charge in [-0.25, -0.2) is 0 Å². The van der Waals surface area contributed by atoms with Crippen LogP contribution in [0.25, 0.3) is 12.2 Å². The zero-order chi connectivity index (χ0) is 16.1. The molecule has 0 unspecified atom stereocenters. The Morgan fingerprint density at radius 2 is 1.77 bits per heavy atom. The number of rotatable bonds is 5. The first kappa shape index (κ1) is 15.4. The molecule has 0 aliphatic rings. The summed E-state index contributed by atoms with van der Waals surface area (Å²) in [6, 6.07) is 10.6. The van der Waals surface area contributed by atoms with Crippen LogP contribution in [0.3, 0.4) is 0 Å². The summed E-state index contributed by atoms with van der Waals surface area (Å²) in [6.45, 7) is 2.07. The number of aryl methyl sites for hydroxylation is 1. The van der Waals surface area contributed by atoms with E-state index in [1.165, 1.54) is 17.7 Å². The monoisotopic (exact) mass is 297 g/mol. The van der Waals surface area contributed by atoms with Crippen LogP contribution < -0.4 is 0 Å². The zero-order valence-corrected chi connectivity index (χ0v) is 12.0. The van der Waals surface area contributed by atoms with Crippen molar-refractivity contribution in [3.63, 3.8) is 0 Å². The lowest BCUT2D eigenvalue weighted by atomic mass is 10.1. The molecule has 0 atom stereocenters. The fourth-order valence-electron chi connectivity index (χ4n) is 2.05. The first-order valence-electron chi connectivity index (χ1n) is 6.78. The molecule has 112 valence electrons. The van der Waals surface area contributed by atoms with Crippen molar-refractivity contribution in [1.29, 1.82) is 0 Å². The molecule has 2 rings (SSSR count). The molecule has 0 saturated carbocycles. The van der Waals surface area contributed by atoms with Gasteiger partial charge in [0.1, 0.15) is 0 Å². The number of benzene rings is 2. The van der Waals surface area contributed by atoms with Gasteiger partial charge in [0, 0.05) is 6.07 Å². The van der Waals surface area contributed by atoms with Crippen LogP contribution in [-0.2, 0) is 6.42 Å². The Hall–Kier alpha value is -2.95. The Balaban J connectivity index is 2.35. The molecule has 0 amide bonds. The lowest BCUT2D eigenvalue weighted by Gasteiger charge is -2.02. The van der Waals surface area contributed by atoms with Crippen LogP contribution >= 0.6 is 0 Å². The summed E-state index contributed by atoms with van der Waals surface area (Å²) in [4.78, 5) is 21.1. The van der Waals surface area contributed by atoms with Crippen LogP contribution in [0.2, 0.25) is 0 Å². The smallest absolute Gasteiger partial charge is 0.312 e. The van der Waals surface area contributed by atoms with E-state index in [1.54, 1.807) is 12.2 Å². The normalized spacial score (nSPS) is 10.8. The highest BCUT2D eigenvalue weighted by Gasteiger charge is 2.17. The van der Waals surface area contributed by atoms with E-state index in [4.69, 9.17) is 0 Å². The standard InChI is InChI=1S/C17H15NO4/c1-2-12-3-5-13(6-4-12)7-8-14-9-15(11-19)17(20)16(10-14)18(21)22/h3-11,20H,2H2,1H3/b8-7+. The predicted octanol–water partition coefficient (Wildman–Crippen LogP) is 3.85. The summed E-state index contributed by atoms with van der Waals surface area (Å²) < 4.78 is 0. The third-order valence-electron chi connectivity index (χ3n) is 3.32. The average molecular weight is 297 g/mol. The van der Waals surface area contributed by atoms with Crippen LogP contribution in [0.5, 0.6) is 5.75 Å². The molecule has 0 aliphatic carbocycles. The maximum absolute atomic E-state index is 10.9. The van der Waals surface area contributed by atoms with E-state index in [0.717, 1.165) is 12.0 Å². The quantitative estimate of drug-likeness (QED) is 0.393. The average Bonchev–Trinajstić information content (AvgIpc) is 2.54. The van der Waals surface area contributed by atoms with Gasteiger partial charge in [-0.15, -0.1) is 0 Å². The number of nitro benzene ring substituents is 1. The number of hydrogen-bond acceptors (Lipinski definition) is 4. The van der Waals surface area contributed by atoms with E-state index in [1.807, 2.05) is 24.3 Å².